The number of imide groups is 1. The molecule has 5 heteroatoms. The van der Waals surface area contributed by atoms with E-state index in [1.165, 1.54) is 4.90 Å². The highest BCUT2D eigenvalue weighted by Gasteiger charge is 2.48. The lowest BCUT2D eigenvalue weighted by Crippen LogP contribution is -2.40. The fourth-order valence-corrected chi connectivity index (χ4v) is 3.84. The van der Waals surface area contributed by atoms with Gasteiger partial charge in [0.05, 0.1) is 6.54 Å². The Balaban J connectivity index is 1.70. The number of rotatable bonds is 3. The van der Waals surface area contributed by atoms with Crippen LogP contribution >= 0.6 is 15.9 Å². The van der Waals surface area contributed by atoms with Crippen molar-refractivity contribution < 1.29 is 9.59 Å². The Hall–Kier alpha value is -2.66. The Morgan fingerprint density at radius 2 is 1.73 bits per heavy atom. The molecule has 1 atom stereocenters. The number of nitrogens with zero attached hydrogens (tertiary/aromatic N) is 1. The van der Waals surface area contributed by atoms with Crippen LogP contribution in [0.3, 0.4) is 0 Å². The van der Waals surface area contributed by atoms with Crippen molar-refractivity contribution in [3.05, 3.63) is 82.3 Å². The van der Waals surface area contributed by atoms with Crippen LogP contribution < -0.4 is 5.32 Å². The summed E-state index contributed by atoms with van der Waals surface area (Å²) >= 11 is 3.43. The molecule has 0 bridgehead atoms. The van der Waals surface area contributed by atoms with Crippen molar-refractivity contribution >= 4 is 38.6 Å². The van der Waals surface area contributed by atoms with Crippen LogP contribution in [0.4, 0.5) is 4.79 Å². The lowest BCUT2D eigenvalue weighted by Gasteiger charge is -2.22. The molecule has 1 heterocycles. The third kappa shape index (κ3) is 2.69. The van der Waals surface area contributed by atoms with E-state index >= 15 is 0 Å². The molecule has 1 aliphatic rings. The number of hydrogen-bond acceptors (Lipinski definition) is 2. The second-order valence-corrected chi connectivity index (χ2v) is 7.51. The summed E-state index contributed by atoms with van der Waals surface area (Å²) < 4.78 is 0.866. The fourth-order valence-electron chi connectivity index (χ4n) is 3.44. The van der Waals surface area contributed by atoms with Gasteiger partial charge in [-0.05, 0) is 41.0 Å². The van der Waals surface area contributed by atoms with Crippen molar-refractivity contribution in [3.8, 4) is 0 Å². The number of benzene rings is 3. The Labute approximate surface area is 159 Å². The van der Waals surface area contributed by atoms with Crippen LogP contribution in [0.5, 0.6) is 0 Å². The Morgan fingerprint density at radius 1 is 1.00 bits per heavy atom. The maximum Gasteiger partial charge on any atom is 0.325 e. The molecule has 130 valence electrons. The van der Waals surface area contributed by atoms with Gasteiger partial charge in [-0.3, -0.25) is 9.69 Å². The number of amides is 3. The molecule has 4 nitrogen and oxygen atoms in total. The minimum absolute atomic E-state index is 0.242. The summed E-state index contributed by atoms with van der Waals surface area (Å²) in [5.41, 5.74) is 0.640. The van der Waals surface area contributed by atoms with E-state index in [1.54, 1.807) is 6.92 Å². The normalized spacial score (nSPS) is 19.8. The highest BCUT2D eigenvalue weighted by Crippen LogP contribution is 2.32. The predicted molar refractivity (Wildman–Crippen MR) is 105 cm³/mol. The van der Waals surface area contributed by atoms with Gasteiger partial charge < -0.3 is 5.32 Å². The third-order valence-corrected chi connectivity index (χ3v) is 5.38. The SMILES string of the molecule is C[C@]1(c2cccc(Br)c2)NC(=O)N(Cc2cccc3ccccc23)C1=O. The van der Waals surface area contributed by atoms with Gasteiger partial charge in [-0.25, -0.2) is 4.79 Å². The van der Waals surface area contributed by atoms with Crippen LogP contribution in [-0.4, -0.2) is 16.8 Å². The number of hydrogen-bond donors (Lipinski definition) is 1. The number of carbonyl (C=O) groups is 2. The van der Waals surface area contributed by atoms with Crippen LogP contribution in [-0.2, 0) is 16.9 Å². The summed E-state index contributed by atoms with van der Waals surface area (Å²) in [6.07, 6.45) is 0. The van der Waals surface area contributed by atoms with Crippen LogP contribution in [0.2, 0.25) is 0 Å². The maximum absolute atomic E-state index is 13.1. The van der Waals surface area contributed by atoms with E-state index in [-0.39, 0.29) is 18.5 Å². The summed E-state index contributed by atoms with van der Waals surface area (Å²) in [6, 6.07) is 21.0. The Bertz CT molecular complexity index is 1030. The molecule has 0 radical (unpaired) electrons. The molecule has 0 aliphatic carbocycles. The van der Waals surface area contributed by atoms with Gasteiger partial charge >= 0.3 is 6.03 Å². The second-order valence-electron chi connectivity index (χ2n) is 6.60. The summed E-state index contributed by atoms with van der Waals surface area (Å²) in [6.45, 7) is 1.99. The molecule has 26 heavy (non-hydrogen) atoms. The average Bonchev–Trinajstić information content (AvgIpc) is 2.86. The van der Waals surface area contributed by atoms with Crippen molar-refractivity contribution in [2.45, 2.75) is 19.0 Å². The van der Waals surface area contributed by atoms with E-state index in [4.69, 9.17) is 0 Å². The van der Waals surface area contributed by atoms with Gasteiger partial charge in [0, 0.05) is 4.47 Å². The zero-order valence-electron chi connectivity index (χ0n) is 14.2. The van der Waals surface area contributed by atoms with Crippen molar-refractivity contribution in [2.24, 2.45) is 0 Å². The summed E-state index contributed by atoms with van der Waals surface area (Å²) in [7, 11) is 0. The van der Waals surface area contributed by atoms with Crippen LogP contribution in [0.1, 0.15) is 18.1 Å². The summed E-state index contributed by atoms with van der Waals surface area (Å²) in [5, 5.41) is 5.00. The molecule has 0 spiro atoms. The van der Waals surface area contributed by atoms with E-state index in [0.717, 1.165) is 26.4 Å². The quantitative estimate of drug-likeness (QED) is 0.645. The highest BCUT2D eigenvalue weighted by atomic mass is 79.9. The molecule has 1 fully saturated rings. The van der Waals surface area contributed by atoms with Gasteiger partial charge in [-0.1, -0.05) is 70.5 Å². The molecule has 1 N–H and O–H groups in total. The second kappa shape index (κ2) is 6.25. The maximum atomic E-state index is 13.1. The summed E-state index contributed by atoms with van der Waals surface area (Å²) in [5.74, 6) is -0.242. The van der Waals surface area contributed by atoms with Gasteiger partial charge in [0.1, 0.15) is 5.54 Å². The number of nitrogens with one attached hydrogen (secondary N) is 1. The first kappa shape index (κ1) is 16.8. The monoisotopic (exact) mass is 408 g/mol. The van der Waals surface area contributed by atoms with E-state index in [9.17, 15) is 9.59 Å². The first-order valence-corrected chi connectivity index (χ1v) is 9.15. The number of urea groups is 1. The minimum Gasteiger partial charge on any atom is -0.319 e. The standard InChI is InChI=1S/C21H17BrN2O2/c1-21(16-9-5-10-17(22)12-16)19(25)24(20(26)23-21)13-15-8-4-7-14-6-2-3-11-18(14)15/h2-12H,13H2,1H3,(H,23,26)/t21-/m1/s1. The first-order chi connectivity index (χ1) is 12.5. The largest absolute Gasteiger partial charge is 0.325 e. The van der Waals surface area contributed by atoms with Crippen molar-refractivity contribution in [1.82, 2.24) is 10.2 Å². The molecule has 4 rings (SSSR count). The lowest BCUT2D eigenvalue weighted by molar-refractivity contribution is -0.131. The van der Waals surface area contributed by atoms with Crippen molar-refractivity contribution in [1.29, 1.82) is 0 Å². The van der Waals surface area contributed by atoms with E-state index in [1.807, 2.05) is 66.7 Å². The molecule has 3 amide bonds. The van der Waals surface area contributed by atoms with Crippen molar-refractivity contribution in [2.75, 3.05) is 0 Å². The van der Waals surface area contributed by atoms with Gasteiger partial charge in [-0.2, -0.15) is 0 Å². The molecule has 1 aliphatic heterocycles. The lowest BCUT2D eigenvalue weighted by atomic mass is 9.92. The molecule has 3 aromatic carbocycles. The van der Waals surface area contributed by atoms with E-state index in [2.05, 4.69) is 21.2 Å². The average molecular weight is 409 g/mol. The first-order valence-electron chi connectivity index (χ1n) is 8.36. The molecular formula is C21H17BrN2O2. The molecule has 0 unspecified atom stereocenters. The van der Waals surface area contributed by atoms with Crippen molar-refractivity contribution in [3.63, 3.8) is 0 Å². The van der Waals surface area contributed by atoms with Crippen LogP contribution in [0, 0.1) is 0 Å². The minimum atomic E-state index is -1.06. The molecule has 1 saturated heterocycles. The number of fused-ring (bicyclic) bond motifs is 1. The topological polar surface area (TPSA) is 49.4 Å². The predicted octanol–water partition coefficient (Wildman–Crippen LogP) is 4.57. The zero-order valence-corrected chi connectivity index (χ0v) is 15.8. The van der Waals surface area contributed by atoms with Gasteiger partial charge in [0.2, 0.25) is 0 Å². The molecule has 0 saturated carbocycles. The highest BCUT2D eigenvalue weighted by molar-refractivity contribution is 9.10. The van der Waals surface area contributed by atoms with Crippen LogP contribution in [0.15, 0.2) is 71.2 Å². The molecule has 0 aromatic heterocycles. The van der Waals surface area contributed by atoms with Gasteiger partial charge in [0.15, 0.2) is 0 Å². The zero-order chi connectivity index (χ0) is 18.3. The molecule has 3 aromatic rings. The van der Waals surface area contributed by atoms with E-state index in [0.29, 0.717) is 0 Å². The summed E-state index contributed by atoms with van der Waals surface area (Å²) in [4.78, 5) is 27.0. The Kier molecular flexibility index (Phi) is 4.04. The molecular weight excluding hydrogens is 392 g/mol. The van der Waals surface area contributed by atoms with Crippen LogP contribution in [0.25, 0.3) is 10.8 Å². The van der Waals surface area contributed by atoms with E-state index < -0.39 is 5.54 Å². The fraction of sp³-hybridized carbons (Fsp3) is 0.143. The number of carbonyl (C=O) groups excluding carboxylic acids is 2. The van der Waals surface area contributed by atoms with Gasteiger partial charge in [0.25, 0.3) is 5.91 Å². The number of halogens is 1. The Morgan fingerprint density at radius 3 is 2.54 bits per heavy atom. The third-order valence-electron chi connectivity index (χ3n) is 4.89. The smallest absolute Gasteiger partial charge is 0.319 e. The van der Waals surface area contributed by atoms with Gasteiger partial charge in [-0.15, -0.1) is 0 Å².